The molecule has 1 heterocycles. The zero-order valence-corrected chi connectivity index (χ0v) is 10.2. The van der Waals surface area contributed by atoms with Crippen LogP contribution in [0, 0.1) is 5.41 Å². The van der Waals surface area contributed by atoms with E-state index in [-0.39, 0.29) is 6.03 Å². The van der Waals surface area contributed by atoms with Crippen molar-refractivity contribution in [2.24, 2.45) is 5.41 Å². The zero-order valence-electron chi connectivity index (χ0n) is 10.2. The van der Waals surface area contributed by atoms with Gasteiger partial charge in [-0.05, 0) is 19.3 Å². The summed E-state index contributed by atoms with van der Waals surface area (Å²) in [5.41, 5.74) is -0.644. The van der Waals surface area contributed by atoms with Crippen LogP contribution in [0.25, 0.3) is 0 Å². The number of carboxylic acids is 1. The molecule has 1 fully saturated rings. The van der Waals surface area contributed by atoms with Crippen molar-refractivity contribution in [2.75, 3.05) is 19.6 Å². The number of rotatable bonds is 4. The lowest BCUT2D eigenvalue weighted by Crippen LogP contribution is -2.49. The number of amides is 2. The van der Waals surface area contributed by atoms with Gasteiger partial charge in [0.2, 0.25) is 0 Å². The number of nitrogens with zero attached hydrogens (tertiary/aromatic N) is 1. The normalized spacial score (nSPS) is 18.5. The monoisotopic (exact) mass is 240 g/mol. The summed E-state index contributed by atoms with van der Waals surface area (Å²) in [7, 11) is 0. The summed E-state index contributed by atoms with van der Waals surface area (Å²) in [6.07, 6.45) is 3.29. The molecule has 0 saturated carbocycles. The van der Waals surface area contributed by atoms with E-state index in [1.54, 1.807) is 11.0 Å². The van der Waals surface area contributed by atoms with Gasteiger partial charge in [-0.25, -0.2) is 4.79 Å². The Balaban J connectivity index is 2.52. The molecule has 1 saturated heterocycles. The van der Waals surface area contributed by atoms with Crippen LogP contribution in [0.1, 0.15) is 26.2 Å². The predicted molar refractivity (Wildman–Crippen MR) is 64.8 cm³/mol. The predicted octanol–water partition coefficient (Wildman–Crippen LogP) is 1.46. The van der Waals surface area contributed by atoms with Crippen molar-refractivity contribution in [3.63, 3.8) is 0 Å². The Labute approximate surface area is 101 Å². The van der Waals surface area contributed by atoms with Crippen LogP contribution in [-0.4, -0.2) is 41.6 Å². The molecule has 0 aromatic heterocycles. The van der Waals surface area contributed by atoms with E-state index in [0.717, 1.165) is 0 Å². The molecule has 1 aliphatic rings. The van der Waals surface area contributed by atoms with Crippen molar-refractivity contribution in [2.45, 2.75) is 26.2 Å². The average molecular weight is 240 g/mol. The maximum Gasteiger partial charge on any atom is 0.317 e. The lowest BCUT2D eigenvalue weighted by Gasteiger charge is -2.38. The molecule has 0 radical (unpaired) electrons. The molecular formula is C12H20N2O3. The Morgan fingerprint density at radius 3 is 2.47 bits per heavy atom. The van der Waals surface area contributed by atoms with Gasteiger partial charge >= 0.3 is 12.0 Å². The second kappa shape index (κ2) is 5.70. The van der Waals surface area contributed by atoms with Crippen LogP contribution in [0.3, 0.4) is 0 Å². The molecule has 0 spiro atoms. The van der Waals surface area contributed by atoms with Gasteiger partial charge in [-0.2, -0.15) is 0 Å². The molecule has 0 aromatic carbocycles. The minimum atomic E-state index is -0.744. The molecule has 5 nitrogen and oxygen atoms in total. The molecule has 2 N–H and O–H groups in total. The van der Waals surface area contributed by atoms with Gasteiger partial charge < -0.3 is 15.3 Å². The Morgan fingerprint density at radius 2 is 2.06 bits per heavy atom. The first kappa shape index (κ1) is 13.5. The minimum absolute atomic E-state index is 0.139. The fourth-order valence-electron chi connectivity index (χ4n) is 2.13. The highest BCUT2D eigenvalue weighted by atomic mass is 16.4. The SMILES string of the molecule is C=CCNC(=O)N1CCC(CC)(C(=O)O)CC1. The Kier molecular flexibility index (Phi) is 4.54. The van der Waals surface area contributed by atoms with Crippen molar-refractivity contribution >= 4 is 12.0 Å². The summed E-state index contributed by atoms with van der Waals surface area (Å²) >= 11 is 0. The number of likely N-dealkylation sites (tertiary alicyclic amines) is 1. The van der Waals surface area contributed by atoms with Crippen molar-refractivity contribution in [1.29, 1.82) is 0 Å². The highest BCUT2D eigenvalue weighted by Gasteiger charge is 2.40. The molecule has 0 aliphatic carbocycles. The Morgan fingerprint density at radius 1 is 1.47 bits per heavy atom. The Hall–Kier alpha value is -1.52. The molecule has 0 unspecified atom stereocenters. The maximum atomic E-state index is 11.6. The number of carboxylic acid groups (broad SMARTS) is 1. The van der Waals surface area contributed by atoms with Gasteiger partial charge in [-0.1, -0.05) is 13.0 Å². The number of carbonyl (C=O) groups excluding carboxylic acids is 1. The molecular weight excluding hydrogens is 220 g/mol. The summed E-state index contributed by atoms with van der Waals surface area (Å²) in [5, 5.41) is 11.9. The summed E-state index contributed by atoms with van der Waals surface area (Å²) in [4.78, 5) is 24.5. The van der Waals surface area contributed by atoms with Crippen molar-refractivity contribution in [3.8, 4) is 0 Å². The van der Waals surface area contributed by atoms with E-state index in [4.69, 9.17) is 0 Å². The summed E-state index contributed by atoms with van der Waals surface area (Å²) in [5.74, 6) is -0.744. The van der Waals surface area contributed by atoms with E-state index in [2.05, 4.69) is 11.9 Å². The van der Waals surface area contributed by atoms with Crippen molar-refractivity contribution in [3.05, 3.63) is 12.7 Å². The van der Waals surface area contributed by atoms with Gasteiger partial charge in [0.25, 0.3) is 0 Å². The van der Waals surface area contributed by atoms with Gasteiger partial charge in [0.05, 0.1) is 5.41 Å². The van der Waals surface area contributed by atoms with E-state index in [1.165, 1.54) is 0 Å². The second-order valence-electron chi connectivity index (χ2n) is 4.40. The summed E-state index contributed by atoms with van der Waals surface area (Å²) in [6, 6.07) is -0.139. The highest BCUT2D eigenvalue weighted by molar-refractivity contribution is 5.77. The Bertz CT molecular complexity index is 307. The van der Waals surface area contributed by atoms with E-state index in [0.29, 0.717) is 38.9 Å². The number of hydrogen-bond donors (Lipinski definition) is 2. The molecule has 17 heavy (non-hydrogen) atoms. The number of carbonyl (C=O) groups is 2. The van der Waals surface area contributed by atoms with Crippen LogP contribution in [0.2, 0.25) is 0 Å². The number of nitrogens with one attached hydrogen (secondary N) is 1. The first-order chi connectivity index (χ1) is 8.05. The lowest BCUT2D eigenvalue weighted by atomic mass is 9.76. The first-order valence-corrected chi connectivity index (χ1v) is 5.93. The minimum Gasteiger partial charge on any atom is -0.481 e. The second-order valence-corrected chi connectivity index (χ2v) is 4.40. The summed E-state index contributed by atoms with van der Waals surface area (Å²) in [6.45, 7) is 6.86. The van der Waals surface area contributed by atoms with Gasteiger partial charge in [-0.3, -0.25) is 4.79 Å². The van der Waals surface area contributed by atoms with E-state index >= 15 is 0 Å². The fourth-order valence-corrected chi connectivity index (χ4v) is 2.13. The third-order valence-corrected chi connectivity index (χ3v) is 3.54. The fraction of sp³-hybridized carbons (Fsp3) is 0.667. The molecule has 0 bridgehead atoms. The summed E-state index contributed by atoms with van der Waals surface area (Å²) < 4.78 is 0. The third-order valence-electron chi connectivity index (χ3n) is 3.54. The molecule has 0 aromatic rings. The number of hydrogen-bond acceptors (Lipinski definition) is 2. The molecule has 2 amide bonds. The topological polar surface area (TPSA) is 69.6 Å². The third kappa shape index (κ3) is 2.99. The van der Waals surface area contributed by atoms with Crippen LogP contribution >= 0.6 is 0 Å². The smallest absolute Gasteiger partial charge is 0.317 e. The van der Waals surface area contributed by atoms with Crippen LogP contribution < -0.4 is 5.32 Å². The number of aliphatic carboxylic acids is 1. The molecule has 96 valence electrons. The quantitative estimate of drug-likeness (QED) is 0.731. The highest BCUT2D eigenvalue weighted by Crippen LogP contribution is 2.34. The van der Waals surface area contributed by atoms with Crippen molar-refractivity contribution in [1.82, 2.24) is 10.2 Å². The number of urea groups is 1. The lowest BCUT2D eigenvalue weighted by molar-refractivity contribution is -0.151. The molecule has 5 heteroatoms. The zero-order chi connectivity index (χ0) is 12.9. The number of piperidine rings is 1. The van der Waals surface area contributed by atoms with Crippen molar-refractivity contribution < 1.29 is 14.7 Å². The van der Waals surface area contributed by atoms with E-state index in [9.17, 15) is 14.7 Å². The van der Waals surface area contributed by atoms with Crippen LogP contribution in [0.4, 0.5) is 4.79 Å². The van der Waals surface area contributed by atoms with Crippen LogP contribution in [-0.2, 0) is 4.79 Å². The molecule has 1 aliphatic heterocycles. The van der Waals surface area contributed by atoms with Gasteiger partial charge in [0.15, 0.2) is 0 Å². The molecule has 1 rings (SSSR count). The standard InChI is InChI=1S/C12H20N2O3/c1-3-7-13-11(17)14-8-5-12(4-2,6-9-14)10(15)16/h3H,1,4-9H2,2H3,(H,13,17)(H,15,16). The van der Waals surface area contributed by atoms with Gasteiger partial charge in [-0.15, -0.1) is 6.58 Å². The average Bonchev–Trinajstić information content (AvgIpc) is 2.35. The van der Waals surface area contributed by atoms with E-state index < -0.39 is 11.4 Å². The van der Waals surface area contributed by atoms with Gasteiger partial charge in [0.1, 0.15) is 0 Å². The molecule has 0 atom stereocenters. The largest absolute Gasteiger partial charge is 0.481 e. The maximum absolute atomic E-state index is 11.6. The van der Waals surface area contributed by atoms with Gasteiger partial charge in [0, 0.05) is 19.6 Å². The van der Waals surface area contributed by atoms with E-state index in [1.807, 2.05) is 6.92 Å². The first-order valence-electron chi connectivity index (χ1n) is 5.93. The van der Waals surface area contributed by atoms with Crippen LogP contribution in [0.15, 0.2) is 12.7 Å². The van der Waals surface area contributed by atoms with Crippen LogP contribution in [0.5, 0.6) is 0 Å².